The van der Waals surface area contributed by atoms with Crippen LogP contribution in [0.1, 0.15) is 84.0 Å². The van der Waals surface area contributed by atoms with E-state index in [9.17, 15) is 4.79 Å². The zero-order valence-corrected chi connectivity index (χ0v) is 14.8. The minimum atomic E-state index is -1.13. The molecule has 3 nitrogen and oxygen atoms in total. The Balaban J connectivity index is 3.50. The van der Waals surface area contributed by atoms with Crippen molar-refractivity contribution in [1.29, 1.82) is 0 Å². The number of aliphatic carboxylic acids is 1. The number of alkyl halides is 2. The quantitative estimate of drug-likeness (QED) is 0.334. The lowest BCUT2D eigenvalue weighted by Gasteiger charge is -2.25. The number of unbranched alkanes of at least 4 members (excludes halogenated alkanes) is 9. The van der Waals surface area contributed by atoms with Gasteiger partial charge in [0.05, 0.1) is 6.42 Å². The number of hydrogen-bond donors (Lipinski definition) is 2. The van der Waals surface area contributed by atoms with Crippen molar-refractivity contribution in [2.75, 3.05) is 0 Å². The van der Waals surface area contributed by atoms with Gasteiger partial charge in [-0.05, 0) is 6.42 Å². The van der Waals surface area contributed by atoms with Gasteiger partial charge in [0, 0.05) is 6.04 Å². The van der Waals surface area contributed by atoms with Gasteiger partial charge in [0.2, 0.25) is 0 Å². The van der Waals surface area contributed by atoms with Crippen LogP contribution in [-0.2, 0) is 4.79 Å². The maximum atomic E-state index is 10.6. The van der Waals surface area contributed by atoms with Crippen LogP contribution in [0.3, 0.4) is 0 Å². The smallest absolute Gasteiger partial charge is 0.305 e. The van der Waals surface area contributed by atoms with Crippen LogP contribution in [0, 0.1) is 0 Å². The number of halogens is 2. The molecule has 1 unspecified atom stereocenters. The molecule has 0 amide bonds. The van der Waals surface area contributed by atoms with Crippen LogP contribution in [0.5, 0.6) is 0 Å². The summed E-state index contributed by atoms with van der Waals surface area (Å²) >= 11 is 12.2. The van der Waals surface area contributed by atoms with Crippen molar-refractivity contribution in [1.82, 2.24) is 0 Å². The van der Waals surface area contributed by atoms with Gasteiger partial charge in [-0.3, -0.25) is 4.79 Å². The lowest BCUT2D eigenvalue weighted by atomic mass is 10.0. The second-order valence-corrected chi connectivity index (χ2v) is 7.44. The van der Waals surface area contributed by atoms with Crippen LogP contribution >= 0.6 is 23.2 Å². The third-order valence-electron chi connectivity index (χ3n) is 3.80. The fourth-order valence-corrected chi connectivity index (χ4v) is 2.79. The maximum absolute atomic E-state index is 10.6. The zero-order chi connectivity index (χ0) is 16.1. The molecule has 3 N–H and O–H groups in total. The fourth-order valence-electron chi connectivity index (χ4n) is 2.37. The normalized spacial score (nSPS) is 13.3. The van der Waals surface area contributed by atoms with Gasteiger partial charge in [-0.2, -0.15) is 0 Å². The van der Waals surface area contributed by atoms with Crippen LogP contribution in [0.2, 0.25) is 0 Å². The molecule has 0 saturated heterocycles. The van der Waals surface area contributed by atoms with Gasteiger partial charge in [-0.1, -0.05) is 94.3 Å². The first-order chi connectivity index (χ1) is 9.90. The largest absolute Gasteiger partial charge is 0.481 e. The fraction of sp³-hybridized carbons (Fsp3) is 0.938. The van der Waals surface area contributed by atoms with Gasteiger partial charge in [-0.25, -0.2) is 0 Å². The minimum absolute atomic E-state index is 0.190. The first-order valence-electron chi connectivity index (χ1n) is 8.25. The summed E-state index contributed by atoms with van der Waals surface area (Å²) in [6, 6.07) is -0.711. The zero-order valence-electron chi connectivity index (χ0n) is 13.3. The van der Waals surface area contributed by atoms with Gasteiger partial charge >= 0.3 is 5.97 Å². The molecule has 0 aromatic heterocycles. The standard InChI is InChI=1S/C16H31Cl2NO2/c1-2-3-4-5-6-7-8-9-10-11-12-16(17,18)14(19)13-15(20)21/h14H,2-13,19H2,1H3,(H,20,21). The Hall–Kier alpha value is 0.01000. The second-order valence-electron chi connectivity index (χ2n) is 5.90. The molecule has 0 rings (SSSR count). The van der Waals surface area contributed by atoms with Crippen molar-refractivity contribution in [3.05, 3.63) is 0 Å². The van der Waals surface area contributed by atoms with E-state index in [1.165, 1.54) is 51.4 Å². The highest BCUT2D eigenvalue weighted by Gasteiger charge is 2.32. The van der Waals surface area contributed by atoms with E-state index in [-0.39, 0.29) is 6.42 Å². The summed E-state index contributed by atoms with van der Waals surface area (Å²) in [4.78, 5) is 10.6. The van der Waals surface area contributed by atoms with E-state index in [2.05, 4.69) is 6.92 Å². The molecule has 0 aromatic carbocycles. The lowest BCUT2D eigenvalue weighted by Crippen LogP contribution is -2.40. The summed E-state index contributed by atoms with van der Waals surface area (Å²) < 4.78 is -1.13. The van der Waals surface area contributed by atoms with Gasteiger partial charge in [0.1, 0.15) is 4.33 Å². The van der Waals surface area contributed by atoms with Gasteiger partial charge in [-0.15, -0.1) is 0 Å². The van der Waals surface area contributed by atoms with Crippen molar-refractivity contribution in [3.8, 4) is 0 Å². The van der Waals surface area contributed by atoms with E-state index in [1.807, 2.05) is 0 Å². The number of rotatable bonds is 14. The van der Waals surface area contributed by atoms with E-state index >= 15 is 0 Å². The first-order valence-corrected chi connectivity index (χ1v) is 9.01. The summed E-state index contributed by atoms with van der Waals surface area (Å²) in [7, 11) is 0. The van der Waals surface area contributed by atoms with E-state index < -0.39 is 16.3 Å². The predicted molar refractivity (Wildman–Crippen MR) is 91.1 cm³/mol. The molecule has 5 heteroatoms. The molecule has 0 fully saturated rings. The van der Waals surface area contributed by atoms with Gasteiger partial charge < -0.3 is 10.8 Å². The highest BCUT2D eigenvalue weighted by molar-refractivity contribution is 6.49. The average Bonchev–Trinajstić information content (AvgIpc) is 2.40. The Morgan fingerprint density at radius 1 is 1.00 bits per heavy atom. The molecule has 0 saturated carbocycles. The van der Waals surface area contributed by atoms with Crippen molar-refractivity contribution in [2.45, 2.75) is 94.3 Å². The summed E-state index contributed by atoms with van der Waals surface area (Å²) in [6.07, 6.45) is 12.8. The Labute approximate surface area is 139 Å². The van der Waals surface area contributed by atoms with Crippen molar-refractivity contribution in [2.24, 2.45) is 5.73 Å². The molecule has 0 aromatic rings. The SMILES string of the molecule is CCCCCCCCCCCCC(Cl)(Cl)C(N)CC(=O)O. The topological polar surface area (TPSA) is 63.3 Å². The van der Waals surface area contributed by atoms with E-state index in [0.717, 1.165) is 12.8 Å². The van der Waals surface area contributed by atoms with Crippen LogP contribution in [0.4, 0.5) is 0 Å². The summed E-state index contributed by atoms with van der Waals surface area (Å²) in [5.74, 6) is -0.962. The first kappa shape index (κ1) is 21.0. The summed E-state index contributed by atoms with van der Waals surface area (Å²) in [5.41, 5.74) is 5.73. The number of carbonyl (C=O) groups is 1. The number of carboxylic acids is 1. The van der Waals surface area contributed by atoms with Crippen LogP contribution < -0.4 is 5.73 Å². The Morgan fingerprint density at radius 3 is 1.86 bits per heavy atom. The summed E-state index contributed by atoms with van der Waals surface area (Å²) in [6.45, 7) is 2.23. The maximum Gasteiger partial charge on any atom is 0.305 e. The highest BCUT2D eigenvalue weighted by atomic mass is 35.5. The van der Waals surface area contributed by atoms with Crippen molar-refractivity contribution in [3.63, 3.8) is 0 Å². The van der Waals surface area contributed by atoms with Gasteiger partial charge in [0.15, 0.2) is 0 Å². The molecule has 0 aliphatic rings. The van der Waals surface area contributed by atoms with E-state index in [4.69, 9.17) is 34.0 Å². The predicted octanol–water partition coefficient (Wildman–Crippen LogP) is 5.27. The van der Waals surface area contributed by atoms with Crippen molar-refractivity contribution < 1.29 is 9.90 Å². The van der Waals surface area contributed by atoms with Crippen LogP contribution in [-0.4, -0.2) is 21.5 Å². The molecule has 0 heterocycles. The van der Waals surface area contributed by atoms with Crippen LogP contribution in [0.25, 0.3) is 0 Å². The third kappa shape index (κ3) is 12.3. The lowest BCUT2D eigenvalue weighted by molar-refractivity contribution is -0.137. The Morgan fingerprint density at radius 2 is 1.43 bits per heavy atom. The van der Waals surface area contributed by atoms with E-state index in [0.29, 0.717) is 6.42 Å². The molecule has 21 heavy (non-hydrogen) atoms. The Bertz CT molecular complexity index is 273. The monoisotopic (exact) mass is 339 g/mol. The van der Waals surface area contributed by atoms with Crippen LogP contribution in [0.15, 0.2) is 0 Å². The number of hydrogen-bond acceptors (Lipinski definition) is 2. The Kier molecular flexibility index (Phi) is 12.5. The molecule has 0 bridgehead atoms. The molecule has 0 aliphatic carbocycles. The molecule has 0 radical (unpaired) electrons. The van der Waals surface area contributed by atoms with E-state index in [1.54, 1.807) is 0 Å². The number of carboxylic acid groups (broad SMARTS) is 1. The third-order valence-corrected chi connectivity index (χ3v) is 4.74. The van der Waals surface area contributed by atoms with Gasteiger partial charge in [0.25, 0.3) is 0 Å². The average molecular weight is 340 g/mol. The molecular weight excluding hydrogens is 309 g/mol. The summed E-state index contributed by atoms with van der Waals surface area (Å²) in [5, 5.41) is 8.70. The minimum Gasteiger partial charge on any atom is -0.481 e. The van der Waals surface area contributed by atoms with Crippen molar-refractivity contribution >= 4 is 29.2 Å². The second kappa shape index (κ2) is 12.5. The molecule has 0 spiro atoms. The number of nitrogens with two attached hydrogens (primary N) is 1. The molecular formula is C16H31Cl2NO2. The highest BCUT2D eigenvalue weighted by Crippen LogP contribution is 2.32. The molecule has 0 aliphatic heterocycles. The molecule has 126 valence electrons. The molecule has 1 atom stereocenters.